The van der Waals surface area contributed by atoms with E-state index < -0.39 is 24.4 Å². The number of ether oxygens (including phenoxy) is 2. The fraction of sp³-hybridized carbons (Fsp3) is 0.318. The van der Waals surface area contributed by atoms with Crippen molar-refractivity contribution in [1.82, 2.24) is 0 Å². The summed E-state index contributed by atoms with van der Waals surface area (Å²) in [6.45, 7) is 6.48. The van der Waals surface area contributed by atoms with Gasteiger partial charge in [0.05, 0.1) is 13.4 Å². The van der Waals surface area contributed by atoms with Gasteiger partial charge in [0.2, 0.25) is 0 Å². The van der Waals surface area contributed by atoms with Crippen LogP contribution in [0.1, 0.15) is 16.8 Å². The van der Waals surface area contributed by atoms with E-state index >= 15 is 0 Å². The number of benzene rings is 2. The monoisotopic (exact) mass is 385 g/mol. The minimum atomic E-state index is -1.85. The molecule has 0 spiro atoms. The standard InChI is InChI=1S/C22H26O4P/c1-25-20(23)21(19(27(2,3)4)17-11-7-5-8-12-17)15-16-26-22(21,24)18-13-9-6-10-14-18/h5-16,19,24H,1-4H3/q+1. The first kappa shape index (κ1) is 19.6. The number of hydrogen-bond acceptors (Lipinski definition) is 4. The van der Waals surface area contributed by atoms with E-state index in [1.54, 1.807) is 18.2 Å². The largest absolute Gasteiger partial charge is 0.468 e. The van der Waals surface area contributed by atoms with E-state index in [0.29, 0.717) is 5.56 Å². The molecule has 0 amide bonds. The number of methoxy groups -OCH3 is 1. The number of aliphatic hydroxyl groups is 1. The average Bonchev–Trinajstić information content (AvgIpc) is 3.00. The summed E-state index contributed by atoms with van der Waals surface area (Å²) in [5, 5.41) is 11.8. The minimum Gasteiger partial charge on any atom is -0.468 e. The molecule has 142 valence electrons. The third-order valence-electron chi connectivity index (χ3n) is 5.14. The summed E-state index contributed by atoms with van der Waals surface area (Å²) >= 11 is 0. The third-order valence-corrected chi connectivity index (χ3v) is 7.39. The summed E-state index contributed by atoms with van der Waals surface area (Å²) in [6.07, 6.45) is 3.10. The Bertz CT molecular complexity index is 828. The van der Waals surface area contributed by atoms with Crippen LogP contribution in [0.25, 0.3) is 0 Å². The van der Waals surface area contributed by atoms with Crippen LogP contribution in [-0.2, 0) is 20.1 Å². The van der Waals surface area contributed by atoms with E-state index in [1.165, 1.54) is 13.4 Å². The van der Waals surface area contributed by atoms with Gasteiger partial charge < -0.3 is 14.6 Å². The molecule has 1 aliphatic heterocycles. The fourth-order valence-electron chi connectivity index (χ4n) is 4.14. The van der Waals surface area contributed by atoms with Crippen LogP contribution >= 0.6 is 7.26 Å². The lowest BCUT2D eigenvalue weighted by atomic mass is 9.71. The van der Waals surface area contributed by atoms with Crippen molar-refractivity contribution in [3.8, 4) is 0 Å². The lowest BCUT2D eigenvalue weighted by molar-refractivity contribution is -0.233. The topological polar surface area (TPSA) is 55.8 Å². The second-order valence-electron chi connectivity index (χ2n) is 7.72. The first-order valence-corrected chi connectivity index (χ1v) is 12.1. The van der Waals surface area contributed by atoms with E-state index in [0.717, 1.165) is 5.56 Å². The van der Waals surface area contributed by atoms with Crippen LogP contribution in [0.4, 0.5) is 0 Å². The van der Waals surface area contributed by atoms with E-state index in [2.05, 4.69) is 20.0 Å². The van der Waals surface area contributed by atoms with Gasteiger partial charge in [-0.15, -0.1) is 0 Å². The zero-order chi connectivity index (χ0) is 19.7. The van der Waals surface area contributed by atoms with Crippen LogP contribution in [0, 0.1) is 5.41 Å². The second-order valence-corrected chi connectivity index (χ2v) is 12.5. The van der Waals surface area contributed by atoms with Gasteiger partial charge in [0.25, 0.3) is 5.79 Å². The molecule has 27 heavy (non-hydrogen) atoms. The summed E-state index contributed by atoms with van der Waals surface area (Å²) in [7, 11) is -0.370. The average molecular weight is 385 g/mol. The smallest absolute Gasteiger partial charge is 0.327 e. The number of rotatable bonds is 5. The Morgan fingerprint density at radius 3 is 2.11 bits per heavy atom. The van der Waals surface area contributed by atoms with Crippen LogP contribution in [0.5, 0.6) is 0 Å². The summed E-state index contributed by atoms with van der Waals surface area (Å²) in [4.78, 5) is 13.3. The molecule has 0 aromatic heterocycles. The van der Waals surface area contributed by atoms with E-state index in [-0.39, 0.29) is 5.66 Å². The Hall–Kier alpha value is -2.16. The van der Waals surface area contributed by atoms with Gasteiger partial charge in [-0.25, -0.2) is 0 Å². The molecule has 3 rings (SSSR count). The predicted molar refractivity (Wildman–Crippen MR) is 109 cm³/mol. The highest BCUT2D eigenvalue weighted by Crippen LogP contribution is 2.72. The van der Waals surface area contributed by atoms with Crippen LogP contribution < -0.4 is 0 Å². The van der Waals surface area contributed by atoms with Gasteiger partial charge in [0, 0.05) is 32.8 Å². The molecule has 1 N–H and O–H groups in total. The highest BCUT2D eigenvalue weighted by molar-refractivity contribution is 7.74. The lowest BCUT2D eigenvalue weighted by Gasteiger charge is -2.44. The molecule has 0 bridgehead atoms. The lowest BCUT2D eigenvalue weighted by Crippen LogP contribution is -2.52. The molecule has 0 aliphatic carbocycles. The van der Waals surface area contributed by atoms with Gasteiger partial charge in [-0.05, 0) is 11.6 Å². The van der Waals surface area contributed by atoms with Gasteiger partial charge in [-0.1, -0.05) is 60.7 Å². The summed E-state index contributed by atoms with van der Waals surface area (Å²) in [5.41, 5.74) is -0.179. The van der Waals surface area contributed by atoms with Crippen LogP contribution in [0.3, 0.4) is 0 Å². The predicted octanol–water partition coefficient (Wildman–Crippen LogP) is 4.18. The first-order valence-electron chi connectivity index (χ1n) is 8.85. The van der Waals surface area contributed by atoms with Gasteiger partial charge in [0.1, 0.15) is 5.66 Å². The Labute approximate surface area is 161 Å². The second kappa shape index (κ2) is 7.10. The number of carbonyl (C=O) groups excluding carboxylic acids is 1. The zero-order valence-corrected chi connectivity index (χ0v) is 17.0. The van der Waals surface area contributed by atoms with Gasteiger partial charge in [-0.2, -0.15) is 0 Å². The van der Waals surface area contributed by atoms with E-state index in [4.69, 9.17) is 9.47 Å². The number of esters is 1. The molecule has 5 heteroatoms. The molecule has 0 fully saturated rings. The van der Waals surface area contributed by atoms with E-state index in [1.807, 2.05) is 48.5 Å². The van der Waals surface area contributed by atoms with Gasteiger partial charge in [-0.3, -0.25) is 4.79 Å². The SMILES string of the molecule is COC(=O)C1(C(c2ccccc2)[P+](C)(C)C)C=COC1(O)c1ccccc1. The number of hydrogen-bond donors (Lipinski definition) is 1. The zero-order valence-electron chi connectivity index (χ0n) is 16.1. The Kier molecular flexibility index (Phi) is 5.16. The van der Waals surface area contributed by atoms with Crippen molar-refractivity contribution in [2.45, 2.75) is 11.4 Å². The van der Waals surface area contributed by atoms with Crippen LogP contribution in [0.2, 0.25) is 0 Å². The van der Waals surface area contributed by atoms with Gasteiger partial charge >= 0.3 is 5.97 Å². The molecule has 0 saturated carbocycles. The fourth-order valence-corrected chi connectivity index (χ4v) is 6.80. The summed E-state index contributed by atoms with van der Waals surface area (Å²) < 4.78 is 11.0. The molecule has 2 aromatic carbocycles. The molecule has 1 aliphatic rings. The summed E-state index contributed by atoms with van der Waals surface area (Å²) in [6, 6.07) is 18.9. The molecule has 4 nitrogen and oxygen atoms in total. The Balaban J connectivity index is 2.32. The van der Waals surface area contributed by atoms with Crippen LogP contribution in [0.15, 0.2) is 73.0 Å². The van der Waals surface area contributed by atoms with Gasteiger partial charge in [0.15, 0.2) is 5.41 Å². The van der Waals surface area contributed by atoms with Crippen molar-refractivity contribution in [2.75, 3.05) is 27.1 Å². The molecule has 0 radical (unpaired) electrons. The Morgan fingerprint density at radius 2 is 1.59 bits per heavy atom. The van der Waals surface area contributed by atoms with Crippen molar-refractivity contribution < 1.29 is 19.4 Å². The first-order chi connectivity index (χ1) is 12.8. The van der Waals surface area contributed by atoms with E-state index in [9.17, 15) is 9.90 Å². The molecular formula is C22H26O4P+. The normalized spacial score (nSPS) is 25.7. The van der Waals surface area contributed by atoms with Crippen LogP contribution in [-0.4, -0.2) is 38.2 Å². The maximum absolute atomic E-state index is 13.3. The molecule has 3 unspecified atom stereocenters. The number of carbonyl (C=O) groups is 1. The molecule has 3 atom stereocenters. The maximum atomic E-state index is 13.3. The highest BCUT2D eigenvalue weighted by atomic mass is 31.2. The quantitative estimate of drug-likeness (QED) is 0.620. The van der Waals surface area contributed by atoms with Crippen molar-refractivity contribution >= 4 is 13.2 Å². The Morgan fingerprint density at radius 1 is 1.04 bits per heavy atom. The van der Waals surface area contributed by atoms with Crippen molar-refractivity contribution in [1.29, 1.82) is 0 Å². The molecule has 2 aromatic rings. The minimum absolute atomic E-state index is 0.289. The third kappa shape index (κ3) is 3.07. The van der Waals surface area contributed by atoms with Crippen molar-refractivity contribution in [2.24, 2.45) is 5.41 Å². The molecular weight excluding hydrogens is 359 g/mol. The maximum Gasteiger partial charge on any atom is 0.327 e. The molecule has 1 heterocycles. The molecule has 0 saturated heterocycles. The summed E-state index contributed by atoms with van der Waals surface area (Å²) in [5.74, 6) is -2.36. The van der Waals surface area contributed by atoms with Crippen molar-refractivity contribution in [3.63, 3.8) is 0 Å². The highest BCUT2D eigenvalue weighted by Gasteiger charge is 2.70. The van der Waals surface area contributed by atoms with Crippen molar-refractivity contribution in [3.05, 3.63) is 84.1 Å².